The molecule has 1 aromatic heterocycles. The van der Waals surface area contributed by atoms with Crippen molar-refractivity contribution in [2.75, 3.05) is 0 Å². The smallest absolute Gasteiger partial charge is 0.192 e. The van der Waals surface area contributed by atoms with E-state index in [0.29, 0.717) is 15.6 Å². The van der Waals surface area contributed by atoms with Crippen LogP contribution in [0.2, 0.25) is 0 Å². The summed E-state index contributed by atoms with van der Waals surface area (Å²) in [5.74, 6) is -0.593. The first-order valence-corrected chi connectivity index (χ1v) is 7.00. The molecule has 0 saturated heterocycles. The predicted molar refractivity (Wildman–Crippen MR) is 76.8 cm³/mol. The molecule has 0 aliphatic rings. The second-order valence-electron chi connectivity index (χ2n) is 4.60. The molecule has 0 N–H and O–H groups in total. The van der Waals surface area contributed by atoms with E-state index in [2.05, 4.69) is 9.97 Å². The number of aryl methyl sites for hydroxylation is 2. The van der Waals surface area contributed by atoms with Gasteiger partial charge < -0.3 is 0 Å². The van der Waals surface area contributed by atoms with E-state index in [4.69, 9.17) is 0 Å². The molecule has 0 bridgehead atoms. The first-order valence-electron chi connectivity index (χ1n) is 6.18. The monoisotopic (exact) mass is 290 g/mol. The Bertz CT molecular complexity index is 663. The van der Waals surface area contributed by atoms with Gasteiger partial charge in [-0.2, -0.15) is 0 Å². The quantitative estimate of drug-likeness (QED) is 0.635. The molecule has 2 aromatic rings. The van der Waals surface area contributed by atoms with Gasteiger partial charge >= 0.3 is 0 Å². The van der Waals surface area contributed by atoms with E-state index in [1.54, 1.807) is 6.07 Å². The van der Waals surface area contributed by atoms with E-state index < -0.39 is 5.82 Å². The van der Waals surface area contributed by atoms with Crippen molar-refractivity contribution in [2.45, 2.75) is 37.7 Å². The fraction of sp³-hybridized carbons (Fsp3) is 0.267. The van der Waals surface area contributed by atoms with Crippen molar-refractivity contribution >= 4 is 17.5 Å². The van der Waals surface area contributed by atoms with Crippen LogP contribution in [0, 0.1) is 26.6 Å². The molecule has 0 aliphatic heterocycles. The minimum absolute atomic E-state index is 0.174. The van der Waals surface area contributed by atoms with E-state index in [9.17, 15) is 9.18 Å². The number of carbonyl (C=O) groups excluding carboxylic acids is 1. The Morgan fingerprint density at radius 1 is 1.15 bits per heavy atom. The highest BCUT2D eigenvalue weighted by atomic mass is 32.2. The molecule has 0 radical (unpaired) electrons. The molecule has 0 fully saturated rings. The molecule has 0 unspecified atom stereocenters. The highest BCUT2D eigenvalue weighted by Gasteiger charge is 2.13. The van der Waals surface area contributed by atoms with Gasteiger partial charge in [0, 0.05) is 21.8 Å². The first-order chi connectivity index (χ1) is 9.38. The fourth-order valence-electron chi connectivity index (χ4n) is 1.75. The zero-order valence-electron chi connectivity index (χ0n) is 11.8. The van der Waals surface area contributed by atoms with Gasteiger partial charge in [-0.1, -0.05) is 0 Å². The topological polar surface area (TPSA) is 42.9 Å². The predicted octanol–water partition coefficient (Wildman–Crippen LogP) is 3.89. The number of ketones is 1. The molecule has 0 atom stereocenters. The van der Waals surface area contributed by atoms with E-state index >= 15 is 0 Å². The second-order valence-corrected chi connectivity index (χ2v) is 5.61. The number of carbonyl (C=O) groups is 1. The molecule has 0 saturated carbocycles. The molecule has 0 amide bonds. The van der Waals surface area contributed by atoms with Gasteiger partial charge in [-0.3, -0.25) is 4.79 Å². The van der Waals surface area contributed by atoms with Crippen molar-refractivity contribution in [1.29, 1.82) is 0 Å². The number of benzene rings is 1. The molecule has 1 aromatic carbocycles. The number of nitrogens with zero attached hydrogens (tertiary/aromatic N) is 2. The Labute approximate surface area is 121 Å². The maximum Gasteiger partial charge on any atom is 0.192 e. The Morgan fingerprint density at radius 2 is 1.75 bits per heavy atom. The number of Topliss-reactive ketones (excluding diaryl/α,β-unsaturated/α-hetero) is 1. The number of rotatable bonds is 3. The minimum Gasteiger partial charge on any atom is -0.294 e. The fourth-order valence-corrected chi connectivity index (χ4v) is 2.76. The standard InChI is InChI=1S/C15H15FN2OS/c1-8-9(2)17-15(18-10(8)3)20-14-6-5-12(16)7-13(14)11(4)19/h5-7H,1-4H3. The molecule has 1 heterocycles. The highest BCUT2D eigenvalue weighted by molar-refractivity contribution is 7.99. The van der Waals surface area contributed by atoms with Crippen LogP contribution in [-0.2, 0) is 0 Å². The van der Waals surface area contributed by atoms with Crippen LogP contribution in [0.1, 0.15) is 34.2 Å². The van der Waals surface area contributed by atoms with Gasteiger partial charge in [0.05, 0.1) is 0 Å². The number of hydrogen-bond donors (Lipinski definition) is 0. The number of halogens is 1. The van der Waals surface area contributed by atoms with Gasteiger partial charge in [0.15, 0.2) is 10.9 Å². The van der Waals surface area contributed by atoms with Crippen LogP contribution in [0.5, 0.6) is 0 Å². The maximum absolute atomic E-state index is 13.2. The third kappa shape index (κ3) is 3.04. The molecule has 5 heteroatoms. The number of hydrogen-bond acceptors (Lipinski definition) is 4. The average molecular weight is 290 g/mol. The average Bonchev–Trinajstić information content (AvgIpc) is 2.37. The summed E-state index contributed by atoms with van der Waals surface area (Å²) in [6.45, 7) is 7.23. The molecule has 104 valence electrons. The molecule has 3 nitrogen and oxygen atoms in total. The highest BCUT2D eigenvalue weighted by Crippen LogP contribution is 2.29. The summed E-state index contributed by atoms with van der Waals surface area (Å²) in [6.07, 6.45) is 0. The van der Waals surface area contributed by atoms with Crippen LogP contribution in [0.25, 0.3) is 0 Å². The van der Waals surface area contributed by atoms with E-state index in [0.717, 1.165) is 17.0 Å². The van der Waals surface area contributed by atoms with Crippen LogP contribution in [-0.4, -0.2) is 15.8 Å². The van der Waals surface area contributed by atoms with Crippen molar-refractivity contribution < 1.29 is 9.18 Å². The van der Waals surface area contributed by atoms with Crippen molar-refractivity contribution in [3.8, 4) is 0 Å². The first kappa shape index (κ1) is 14.7. The lowest BCUT2D eigenvalue weighted by Crippen LogP contribution is -2.00. The summed E-state index contributed by atoms with van der Waals surface area (Å²) in [6, 6.07) is 4.17. The summed E-state index contributed by atoms with van der Waals surface area (Å²) < 4.78 is 13.2. The lowest BCUT2D eigenvalue weighted by molar-refractivity contribution is 0.101. The third-order valence-corrected chi connectivity index (χ3v) is 4.08. The summed E-state index contributed by atoms with van der Waals surface area (Å²) in [7, 11) is 0. The Kier molecular flexibility index (Phi) is 4.18. The molecular formula is C15H15FN2OS. The molecular weight excluding hydrogens is 275 g/mol. The Morgan fingerprint density at radius 3 is 2.30 bits per heavy atom. The van der Waals surface area contributed by atoms with Gasteiger partial charge in [0.2, 0.25) is 0 Å². The van der Waals surface area contributed by atoms with E-state index in [1.165, 1.54) is 30.8 Å². The third-order valence-electron chi connectivity index (χ3n) is 3.13. The zero-order valence-corrected chi connectivity index (χ0v) is 12.6. The van der Waals surface area contributed by atoms with Crippen LogP contribution >= 0.6 is 11.8 Å². The van der Waals surface area contributed by atoms with Crippen molar-refractivity contribution in [2.24, 2.45) is 0 Å². The van der Waals surface area contributed by atoms with Crippen LogP contribution in [0.4, 0.5) is 4.39 Å². The summed E-state index contributed by atoms with van der Waals surface area (Å²) in [4.78, 5) is 21.0. The largest absolute Gasteiger partial charge is 0.294 e. The second kappa shape index (κ2) is 5.71. The lowest BCUT2D eigenvalue weighted by Gasteiger charge is -2.09. The molecule has 0 spiro atoms. The Balaban J connectivity index is 2.42. The van der Waals surface area contributed by atoms with Gasteiger partial charge in [-0.25, -0.2) is 14.4 Å². The maximum atomic E-state index is 13.2. The van der Waals surface area contributed by atoms with E-state index in [1.807, 2.05) is 20.8 Å². The zero-order chi connectivity index (χ0) is 14.9. The van der Waals surface area contributed by atoms with Gasteiger partial charge in [0.1, 0.15) is 5.82 Å². The van der Waals surface area contributed by atoms with Crippen LogP contribution in [0.15, 0.2) is 28.3 Å². The molecule has 20 heavy (non-hydrogen) atoms. The summed E-state index contributed by atoms with van der Waals surface area (Å²) in [5, 5.41) is 0.569. The Hall–Kier alpha value is -1.75. The summed E-state index contributed by atoms with van der Waals surface area (Å²) in [5.41, 5.74) is 3.23. The van der Waals surface area contributed by atoms with Crippen molar-refractivity contribution in [3.05, 3.63) is 46.5 Å². The number of aromatic nitrogens is 2. The molecule has 0 aliphatic carbocycles. The summed E-state index contributed by atoms with van der Waals surface area (Å²) >= 11 is 1.28. The van der Waals surface area contributed by atoms with E-state index in [-0.39, 0.29) is 5.78 Å². The van der Waals surface area contributed by atoms with Gasteiger partial charge in [-0.15, -0.1) is 0 Å². The molecule has 2 rings (SSSR count). The van der Waals surface area contributed by atoms with Gasteiger partial charge in [0.25, 0.3) is 0 Å². The van der Waals surface area contributed by atoms with Crippen molar-refractivity contribution in [3.63, 3.8) is 0 Å². The van der Waals surface area contributed by atoms with Crippen LogP contribution < -0.4 is 0 Å². The SMILES string of the molecule is CC(=O)c1cc(F)ccc1Sc1nc(C)c(C)c(C)n1. The van der Waals surface area contributed by atoms with Gasteiger partial charge in [-0.05, 0) is 63.2 Å². The lowest BCUT2D eigenvalue weighted by atomic mass is 10.1. The minimum atomic E-state index is -0.420. The normalized spacial score (nSPS) is 10.7. The van der Waals surface area contributed by atoms with Crippen molar-refractivity contribution in [1.82, 2.24) is 9.97 Å². The van der Waals surface area contributed by atoms with Crippen LogP contribution in [0.3, 0.4) is 0 Å².